The number of rotatable bonds is 5. The number of hydrogen-bond acceptors (Lipinski definition) is 4. The zero-order valence-corrected chi connectivity index (χ0v) is 15.6. The first-order valence-electron chi connectivity index (χ1n) is 8.64. The predicted molar refractivity (Wildman–Crippen MR) is 98.6 cm³/mol. The molecule has 0 N–H and O–H groups in total. The van der Waals surface area contributed by atoms with Crippen LogP contribution >= 0.6 is 0 Å². The van der Waals surface area contributed by atoms with Gasteiger partial charge in [0.15, 0.2) is 0 Å². The second-order valence-corrected chi connectivity index (χ2v) is 8.69. The minimum absolute atomic E-state index is 0.104. The molecule has 2 aromatic rings. The van der Waals surface area contributed by atoms with Gasteiger partial charge in [0.1, 0.15) is 4.90 Å². The summed E-state index contributed by atoms with van der Waals surface area (Å²) in [4.78, 5) is 6.36. The summed E-state index contributed by atoms with van der Waals surface area (Å²) in [5.41, 5.74) is 2.29. The molecule has 6 heteroatoms. The molecule has 0 aliphatic carbocycles. The fourth-order valence-electron chi connectivity index (χ4n) is 3.37. The summed E-state index contributed by atoms with van der Waals surface area (Å²) in [6.45, 7) is 1.43. The Bertz CT molecular complexity index is 789. The lowest BCUT2D eigenvalue weighted by Crippen LogP contribution is -2.38. The largest absolute Gasteiger partial charge is 0.305 e. The van der Waals surface area contributed by atoms with Crippen molar-refractivity contribution < 1.29 is 8.42 Å². The first kappa shape index (κ1) is 18.0. The Hall–Kier alpha value is -1.76. The average Bonchev–Trinajstić information content (AvgIpc) is 2.63. The van der Waals surface area contributed by atoms with Gasteiger partial charge in [-0.1, -0.05) is 30.7 Å². The Morgan fingerprint density at radius 3 is 2.56 bits per heavy atom. The van der Waals surface area contributed by atoms with Crippen molar-refractivity contribution in [3.05, 3.63) is 59.9 Å². The maximum Gasteiger partial charge on any atom is 0.245 e. The lowest BCUT2D eigenvalue weighted by Gasteiger charge is -2.35. The van der Waals surface area contributed by atoms with Crippen molar-refractivity contribution in [2.24, 2.45) is 0 Å². The van der Waals surface area contributed by atoms with E-state index in [0.29, 0.717) is 6.54 Å². The minimum atomic E-state index is -3.53. The van der Waals surface area contributed by atoms with Crippen LogP contribution in [-0.4, -0.2) is 43.2 Å². The summed E-state index contributed by atoms with van der Waals surface area (Å²) in [7, 11) is 0.552. The van der Waals surface area contributed by atoms with Crippen LogP contribution in [0.15, 0.2) is 53.7 Å². The van der Waals surface area contributed by atoms with Crippen molar-refractivity contribution in [3.8, 4) is 0 Å². The molecule has 1 aromatic heterocycles. The molecule has 2 heterocycles. The van der Waals surface area contributed by atoms with Crippen LogP contribution in [0.4, 0.5) is 0 Å². The summed E-state index contributed by atoms with van der Waals surface area (Å²) >= 11 is 0. The molecule has 0 amide bonds. The van der Waals surface area contributed by atoms with Crippen LogP contribution in [0.25, 0.3) is 0 Å². The first-order chi connectivity index (χ1) is 12.0. The van der Waals surface area contributed by atoms with Crippen LogP contribution < -0.4 is 0 Å². The second kappa shape index (κ2) is 7.64. The molecule has 134 valence electrons. The molecule has 25 heavy (non-hydrogen) atoms. The third-order valence-electron chi connectivity index (χ3n) is 4.56. The van der Waals surface area contributed by atoms with Gasteiger partial charge in [-0.3, -0.25) is 4.98 Å². The number of benzene rings is 1. The van der Waals surface area contributed by atoms with Crippen LogP contribution in [0.1, 0.15) is 36.4 Å². The Kier molecular flexibility index (Phi) is 5.51. The molecule has 5 nitrogen and oxygen atoms in total. The van der Waals surface area contributed by atoms with Crippen molar-refractivity contribution in [1.82, 2.24) is 14.2 Å². The number of nitrogens with zero attached hydrogens (tertiary/aromatic N) is 3. The topological polar surface area (TPSA) is 53.5 Å². The van der Waals surface area contributed by atoms with Crippen LogP contribution in [0.2, 0.25) is 0 Å². The minimum Gasteiger partial charge on any atom is -0.305 e. The van der Waals surface area contributed by atoms with Gasteiger partial charge < -0.3 is 4.90 Å². The van der Waals surface area contributed by atoms with Gasteiger partial charge in [-0.15, -0.1) is 0 Å². The summed E-state index contributed by atoms with van der Waals surface area (Å²) in [5, 5.41) is 0. The Labute approximate surface area is 150 Å². The lowest BCUT2D eigenvalue weighted by molar-refractivity contribution is 0.256. The molecular weight excluding hydrogens is 334 g/mol. The Morgan fingerprint density at radius 1 is 1.16 bits per heavy atom. The van der Waals surface area contributed by atoms with Crippen molar-refractivity contribution >= 4 is 10.0 Å². The maximum absolute atomic E-state index is 13.1. The number of aromatic nitrogens is 1. The first-order valence-corrected chi connectivity index (χ1v) is 10.1. The van der Waals surface area contributed by atoms with E-state index < -0.39 is 10.0 Å². The second-order valence-electron chi connectivity index (χ2n) is 6.80. The summed E-state index contributed by atoms with van der Waals surface area (Å²) in [6.07, 6.45) is 5.82. The zero-order valence-electron chi connectivity index (χ0n) is 14.8. The van der Waals surface area contributed by atoms with Crippen molar-refractivity contribution in [3.63, 3.8) is 0 Å². The molecule has 0 radical (unpaired) electrons. The fraction of sp³-hybridized carbons (Fsp3) is 0.421. The van der Waals surface area contributed by atoms with Gasteiger partial charge in [0.25, 0.3) is 0 Å². The summed E-state index contributed by atoms with van der Waals surface area (Å²) < 4.78 is 27.8. The zero-order chi connectivity index (χ0) is 17.9. The normalized spacial score (nSPS) is 19.2. The van der Waals surface area contributed by atoms with Gasteiger partial charge in [-0.2, -0.15) is 4.31 Å². The SMILES string of the molecule is CN(C)Cc1ccc(C2CCCCN2S(=O)(=O)c2cccnc2)cc1. The standard InChI is InChI=1S/C19H25N3O2S/c1-21(2)15-16-8-10-17(11-9-16)19-7-3-4-13-22(19)25(23,24)18-6-5-12-20-14-18/h5-6,8-12,14,19H,3-4,7,13,15H2,1-2H3. The van der Waals surface area contributed by atoms with E-state index in [1.54, 1.807) is 22.6 Å². The molecule has 0 bridgehead atoms. The Morgan fingerprint density at radius 2 is 1.92 bits per heavy atom. The van der Waals surface area contributed by atoms with Crippen LogP contribution in [0.3, 0.4) is 0 Å². The van der Waals surface area contributed by atoms with Gasteiger partial charge in [-0.05, 0) is 50.2 Å². The molecule has 1 aliphatic heterocycles. The smallest absolute Gasteiger partial charge is 0.245 e. The summed E-state index contributed by atoms with van der Waals surface area (Å²) in [5.74, 6) is 0. The van der Waals surface area contributed by atoms with E-state index in [0.717, 1.165) is 31.4 Å². The predicted octanol–water partition coefficient (Wildman–Crippen LogP) is 3.06. The van der Waals surface area contributed by atoms with E-state index in [9.17, 15) is 8.42 Å². The van der Waals surface area contributed by atoms with Gasteiger partial charge in [-0.25, -0.2) is 8.42 Å². The van der Waals surface area contributed by atoms with Crippen LogP contribution in [0, 0.1) is 0 Å². The lowest BCUT2D eigenvalue weighted by atomic mass is 9.96. The highest BCUT2D eigenvalue weighted by atomic mass is 32.2. The Balaban J connectivity index is 1.89. The highest BCUT2D eigenvalue weighted by Crippen LogP contribution is 2.35. The molecular formula is C19H25N3O2S. The average molecular weight is 359 g/mol. The molecule has 1 aromatic carbocycles. The maximum atomic E-state index is 13.1. The quantitative estimate of drug-likeness (QED) is 0.823. The monoisotopic (exact) mass is 359 g/mol. The molecule has 0 saturated carbocycles. The van der Waals surface area contributed by atoms with Gasteiger partial charge >= 0.3 is 0 Å². The third-order valence-corrected chi connectivity index (χ3v) is 6.45. The number of sulfonamides is 1. The van der Waals surface area contributed by atoms with Crippen molar-refractivity contribution in [2.75, 3.05) is 20.6 Å². The van der Waals surface area contributed by atoms with Gasteiger partial charge in [0, 0.05) is 25.5 Å². The molecule has 1 fully saturated rings. The number of hydrogen-bond donors (Lipinski definition) is 0. The third kappa shape index (κ3) is 4.08. The van der Waals surface area contributed by atoms with E-state index >= 15 is 0 Å². The van der Waals surface area contributed by atoms with Gasteiger partial charge in [0.2, 0.25) is 10.0 Å². The van der Waals surface area contributed by atoms with E-state index in [1.807, 2.05) is 14.1 Å². The number of pyridine rings is 1. The van der Waals surface area contributed by atoms with Crippen molar-refractivity contribution in [2.45, 2.75) is 36.7 Å². The summed E-state index contributed by atoms with van der Waals surface area (Å²) in [6, 6.07) is 11.5. The highest BCUT2D eigenvalue weighted by Gasteiger charge is 2.34. The molecule has 1 saturated heterocycles. The van der Waals surface area contributed by atoms with Gasteiger partial charge in [0.05, 0.1) is 6.04 Å². The fourth-order valence-corrected chi connectivity index (χ4v) is 5.02. The van der Waals surface area contributed by atoms with Crippen molar-refractivity contribution in [1.29, 1.82) is 0 Å². The molecule has 0 spiro atoms. The number of piperidine rings is 1. The molecule has 1 aliphatic rings. The highest BCUT2D eigenvalue weighted by molar-refractivity contribution is 7.89. The van der Waals surface area contributed by atoms with E-state index in [2.05, 4.69) is 34.1 Å². The van der Waals surface area contributed by atoms with E-state index in [1.165, 1.54) is 11.8 Å². The molecule has 1 unspecified atom stereocenters. The van der Waals surface area contributed by atoms with E-state index in [-0.39, 0.29) is 10.9 Å². The van der Waals surface area contributed by atoms with Crippen LogP contribution in [-0.2, 0) is 16.6 Å². The van der Waals surface area contributed by atoms with Crippen LogP contribution in [0.5, 0.6) is 0 Å². The molecule has 1 atom stereocenters. The molecule has 3 rings (SSSR count). The van der Waals surface area contributed by atoms with E-state index in [4.69, 9.17) is 0 Å².